The van der Waals surface area contributed by atoms with Gasteiger partial charge in [-0.2, -0.15) is 0 Å². The molecule has 1 aromatic rings. The molecule has 2 aliphatic heterocycles. The number of methoxy groups -OCH3 is 2. The van der Waals surface area contributed by atoms with Crippen LogP contribution in [0.15, 0.2) is 18.2 Å². The molecule has 4 amide bonds. The lowest BCUT2D eigenvalue weighted by atomic mass is 9.84. The molecule has 4 aliphatic rings. The van der Waals surface area contributed by atoms with Crippen molar-refractivity contribution in [1.29, 1.82) is 0 Å². The van der Waals surface area contributed by atoms with Gasteiger partial charge < -0.3 is 30.3 Å². The summed E-state index contributed by atoms with van der Waals surface area (Å²) in [5, 5.41) is 8.88. The highest BCUT2D eigenvalue weighted by Gasteiger charge is 2.54. The molecule has 1 aromatic carbocycles. The Morgan fingerprint density at radius 1 is 1.02 bits per heavy atom. The van der Waals surface area contributed by atoms with Gasteiger partial charge in [-0.3, -0.25) is 34.3 Å². The fourth-order valence-corrected chi connectivity index (χ4v) is 7.62. The van der Waals surface area contributed by atoms with Crippen molar-refractivity contribution in [2.45, 2.75) is 128 Å². The lowest BCUT2D eigenvalue weighted by Gasteiger charge is -2.36. The Hall–Kier alpha value is -3.84. The summed E-state index contributed by atoms with van der Waals surface area (Å²) in [6.45, 7) is 7.44. The highest BCUT2D eigenvalue weighted by atomic mass is 35.5. The lowest BCUT2D eigenvalue weighted by Crippen LogP contribution is -2.59. The molecule has 2 saturated carbocycles. The van der Waals surface area contributed by atoms with E-state index < -0.39 is 52.6 Å². The smallest absolute Gasteiger partial charge is 0.289 e. The number of ketones is 1. The molecular formula is C38H54ClN5O8. The number of likely N-dealkylation sites (tertiary alicyclic amines) is 1. The van der Waals surface area contributed by atoms with E-state index in [0.29, 0.717) is 40.6 Å². The molecular weight excluding hydrogens is 690 g/mol. The molecule has 52 heavy (non-hydrogen) atoms. The highest BCUT2D eigenvalue weighted by Crippen LogP contribution is 2.42. The number of halogens is 1. The number of rotatable bonds is 14. The van der Waals surface area contributed by atoms with E-state index in [2.05, 4.69) is 21.4 Å². The van der Waals surface area contributed by atoms with Gasteiger partial charge in [0.15, 0.2) is 0 Å². The molecule has 2 aliphatic carbocycles. The molecule has 0 bridgehead atoms. The SMILES string of the molecule is CCC[C@H](NC(=O)[C@@H]1C[C@]2(C=C(c3cc(Cl)c(OC)cc3OC)NO2)CN1C(=O)[C@@H](NC(=O)CC1CCCCC1)C(C)(C)C)C(=O)C(=O)NC1CC1. The van der Waals surface area contributed by atoms with Crippen molar-refractivity contribution < 1.29 is 38.3 Å². The maximum absolute atomic E-state index is 14.7. The quantitative estimate of drug-likeness (QED) is 0.205. The maximum Gasteiger partial charge on any atom is 0.289 e. The van der Waals surface area contributed by atoms with E-state index >= 15 is 0 Å². The number of nitrogens with one attached hydrogen (secondary N) is 4. The van der Waals surface area contributed by atoms with Crippen molar-refractivity contribution in [3.63, 3.8) is 0 Å². The Balaban J connectivity index is 1.45. The van der Waals surface area contributed by atoms with Gasteiger partial charge in [-0.05, 0) is 55.6 Å². The van der Waals surface area contributed by atoms with Gasteiger partial charge in [0.05, 0.1) is 37.5 Å². The number of hydrogen-bond acceptors (Lipinski definition) is 9. The lowest BCUT2D eigenvalue weighted by molar-refractivity contribution is -0.145. The third kappa shape index (κ3) is 9.20. The van der Waals surface area contributed by atoms with Crippen molar-refractivity contribution in [2.24, 2.45) is 11.3 Å². The topological polar surface area (TPSA) is 164 Å². The molecule has 0 unspecified atom stereocenters. The van der Waals surface area contributed by atoms with E-state index in [0.717, 1.165) is 38.5 Å². The van der Waals surface area contributed by atoms with E-state index in [9.17, 15) is 24.0 Å². The first kappa shape index (κ1) is 39.4. The number of nitrogens with zero attached hydrogens (tertiary/aromatic N) is 1. The molecule has 4 atom stereocenters. The van der Waals surface area contributed by atoms with E-state index in [1.807, 2.05) is 27.7 Å². The van der Waals surface area contributed by atoms with Crippen LogP contribution in [0.1, 0.15) is 104 Å². The number of carbonyl (C=O) groups is 5. The summed E-state index contributed by atoms with van der Waals surface area (Å²) in [5.74, 6) is -1.53. The predicted molar refractivity (Wildman–Crippen MR) is 195 cm³/mol. The van der Waals surface area contributed by atoms with Crippen molar-refractivity contribution >= 4 is 46.7 Å². The maximum atomic E-state index is 14.7. The number of Topliss-reactive ketones (excluding diaryl/α,β-unsaturated/α-hetero) is 1. The van der Waals surface area contributed by atoms with Crippen molar-refractivity contribution in [3.8, 4) is 11.5 Å². The molecule has 1 saturated heterocycles. The average molecular weight is 744 g/mol. The van der Waals surface area contributed by atoms with Crippen molar-refractivity contribution in [3.05, 3.63) is 28.8 Å². The number of benzene rings is 1. The summed E-state index contributed by atoms with van der Waals surface area (Å²) < 4.78 is 11.0. The van der Waals surface area contributed by atoms with Gasteiger partial charge in [0.2, 0.25) is 23.5 Å². The largest absolute Gasteiger partial charge is 0.496 e. The second-order valence-electron chi connectivity index (χ2n) is 15.7. The minimum absolute atomic E-state index is 0.0212. The number of carbonyl (C=O) groups excluding carboxylic acids is 5. The van der Waals surface area contributed by atoms with Crippen molar-refractivity contribution in [1.82, 2.24) is 26.3 Å². The third-order valence-electron chi connectivity index (χ3n) is 10.4. The van der Waals surface area contributed by atoms with E-state index in [1.54, 1.807) is 18.2 Å². The van der Waals surface area contributed by atoms with Gasteiger partial charge in [0, 0.05) is 30.5 Å². The van der Waals surface area contributed by atoms with Crippen molar-refractivity contribution in [2.75, 3.05) is 20.8 Å². The van der Waals surface area contributed by atoms with Gasteiger partial charge >= 0.3 is 0 Å². The molecule has 3 fully saturated rings. The summed E-state index contributed by atoms with van der Waals surface area (Å²) >= 11 is 6.48. The monoisotopic (exact) mass is 743 g/mol. The van der Waals surface area contributed by atoms with Crippen LogP contribution in [0.25, 0.3) is 5.70 Å². The van der Waals surface area contributed by atoms with E-state index in [4.69, 9.17) is 25.9 Å². The van der Waals surface area contributed by atoms with Crippen LogP contribution in [0.5, 0.6) is 11.5 Å². The minimum atomic E-state index is -1.17. The van der Waals surface area contributed by atoms with E-state index in [1.165, 1.54) is 25.5 Å². The Morgan fingerprint density at radius 3 is 2.33 bits per heavy atom. The van der Waals surface area contributed by atoms with Gasteiger partial charge in [-0.25, -0.2) is 0 Å². The van der Waals surface area contributed by atoms with Gasteiger partial charge in [0.1, 0.15) is 29.2 Å². The summed E-state index contributed by atoms with van der Waals surface area (Å²) in [6.07, 6.45) is 9.90. The number of ether oxygens (including phenoxy) is 2. The first-order valence-corrected chi connectivity index (χ1v) is 18.9. The second kappa shape index (κ2) is 16.4. The highest BCUT2D eigenvalue weighted by molar-refractivity contribution is 6.38. The first-order valence-electron chi connectivity index (χ1n) is 18.5. The molecule has 0 radical (unpaired) electrons. The number of amides is 4. The fraction of sp³-hybridized carbons (Fsp3) is 0.658. The van der Waals surface area contributed by atoms with E-state index in [-0.39, 0.29) is 37.3 Å². The van der Waals surface area contributed by atoms with Crippen LogP contribution in [0.3, 0.4) is 0 Å². The van der Waals surface area contributed by atoms with Gasteiger partial charge in [-0.15, -0.1) is 0 Å². The van der Waals surface area contributed by atoms with Crippen LogP contribution in [-0.4, -0.2) is 84.8 Å². The Kier molecular flexibility index (Phi) is 12.5. The normalized spacial score (nSPS) is 22.9. The van der Waals surface area contributed by atoms with Crippen LogP contribution in [0.4, 0.5) is 0 Å². The molecule has 1 spiro atoms. The molecule has 13 nitrogen and oxygen atoms in total. The summed E-state index contributed by atoms with van der Waals surface area (Å²) in [5.41, 5.74) is 2.16. The Bertz CT molecular complexity index is 1570. The minimum Gasteiger partial charge on any atom is -0.496 e. The standard InChI is InChI=1S/C38H54ClN5O8/c1-7-11-26(32(46)35(48)40-23-14-15-23)41-34(47)28-20-38(19-27(43-52-38)24-17-25(39)30(51-6)18-29(24)50-5)21-44(28)36(49)33(37(2,3)4)42-31(45)16-22-12-9-8-10-13-22/h17-19,22-23,26,28,33,43H,7-16,20-21H2,1-6H3,(H,40,48)(H,41,47)(H,42,45)/t26-,28-,33+,38+/m0/s1. The first-order chi connectivity index (χ1) is 24.7. The molecule has 2 heterocycles. The summed E-state index contributed by atoms with van der Waals surface area (Å²) in [4.78, 5) is 75.9. The van der Waals surface area contributed by atoms with Crippen LogP contribution in [0.2, 0.25) is 5.02 Å². The zero-order valence-corrected chi connectivity index (χ0v) is 32.0. The van der Waals surface area contributed by atoms with Crippen LogP contribution in [-0.2, 0) is 28.8 Å². The Morgan fingerprint density at radius 2 is 1.71 bits per heavy atom. The van der Waals surface area contributed by atoms with Crippen LogP contribution >= 0.6 is 11.6 Å². The average Bonchev–Trinajstić information content (AvgIpc) is 3.71. The fourth-order valence-electron chi connectivity index (χ4n) is 7.38. The second-order valence-corrected chi connectivity index (χ2v) is 16.1. The summed E-state index contributed by atoms with van der Waals surface area (Å²) in [7, 11) is 3.02. The van der Waals surface area contributed by atoms with Crippen LogP contribution in [0, 0.1) is 11.3 Å². The number of hydrogen-bond donors (Lipinski definition) is 4. The molecule has 0 aromatic heterocycles. The van der Waals surface area contributed by atoms with Gasteiger partial charge in [-0.1, -0.05) is 65.0 Å². The Labute approximate surface area is 311 Å². The third-order valence-corrected chi connectivity index (χ3v) is 10.7. The van der Waals surface area contributed by atoms with Gasteiger partial charge in [0.25, 0.3) is 5.91 Å². The molecule has 4 N–H and O–H groups in total. The predicted octanol–water partition coefficient (Wildman–Crippen LogP) is 4.21. The summed E-state index contributed by atoms with van der Waals surface area (Å²) in [6, 6.07) is 0.188. The molecule has 14 heteroatoms. The van der Waals surface area contributed by atoms with Crippen LogP contribution < -0.4 is 30.9 Å². The zero-order chi connectivity index (χ0) is 37.8. The molecule has 5 rings (SSSR count). The number of hydroxylamine groups is 1. The zero-order valence-electron chi connectivity index (χ0n) is 31.2. The molecule has 286 valence electrons.